The molecule has 10 heteroatoms. The van der Waals surface area contributed by atoms with E-state index in [4.69, 9.17) is 18.9 Å². The van der Waals surface area contributed by atoms with Crippen molar-refractivity contribution in [3.63, 3.8) is 0 Å². The van der Waals surface area contributed by atoms with Crippen molar-refractivity contribution >= 4 is 23.3 Å². The first-order valence-electron chi connectivity index (χ1n) is 8.17. The second-order valence-corrected chi connectivity index (χ2v) is 5.60. The fourth-order valence-corrected chi connectivity index (χ4v) is 2.53. The molecule has 1 heterocycles. The first-order chi connectivity index (χ1) is 13.5. The van der Waals surface area contributed by atoms with Crippen LogP contribution in [0, 0.1) is 10.1 Å². The van der Waals surface area contributed by atoms with Gasteiger partial charge in [-0.1, -0.05) is 12.1 Å². The summed E-state index contributed by atoms with van der Waals surface area (Å²) < 4.78 is 21.1. The second kappa shape index (κ2) is 8.25. The maximum Gasteiger partial charge on any atom is 0.338 e. The number of ether oxygens (including phenoxy) is 4. The zero-order valence-electron chi connectivity index (χ0n) is 14.8. The molecule has 0 saturated carbocycles. The molecule has 0 aromatic heterocycles. The number of nitro benzene ring substituents is 1. The molecule has 2 aromatic rings. The third-order valence-corrected chi connectivity index (χ3v) is 3.77. The summed E-state index contributed by atoms with van der Waals surface area (Å²) in [6.45, 7) is 0.0630. The molecule has 1 aliphatic heterocycles. The van der Waals surface area contributed by atoms with Crippen LogP contribution in [0.5, 0.6) is 17.2 Å². The number of hydrogen-bond acceptors (Lipinski definition) is 8. The van der Waals surface area contributed by atoms with Crippen molar-refractivity contribution in [3.05, 3.63) is 52.1 Å². The second-order valence-electron chi connectivity index (χ2n) is 5.60. The number of nitrogens with zero attached hydrogens (tertiary/aromatic N) is 1. The van der Waals surface area contributed by atoms with E-state index in [0.29, 0.717) is 30.5 Å². The molecule has 0 saturated heterocycles. The SMILES string of the molecule is COc1cc(C(=O)OCC(=O)Nc2ccccc2[N+](=O)[O-])cc2c1OCCO2. The Kier molecular flexibility index (Phi) is 5.58. The summed E-state index contributed by atoms with van der Waals surface area (Å²) in [6.07, 6.45) is 0. The molecule has 0 spiro atoms. The minimum atomic E-state index is -0.784. The van der Waals surface area contributed by atoms with Crippen molar-refractivity contribution in [1.82, 2.24) is 0 Å². The van der Waals surface area contributed by atoms with Gasteiger partial charge in [-0.25, -0.2) is 4.79 Å². The van der Waals surface area contributed by atoms with Crippen molar-refractivity contribution in [2.75, 3.05) is 32.2 Å². The summed E-state index contributed by atoms with van der Waals surface area (Å²) in [6, 6.07) is 8.49. The quantitative estimate of drug-likeness (QED) is 0.453. The van der Waals surface area contributed by atoms with Gasteiger partial charge in [0.1, 0.15) is 18.9 Å². The molecule has 0 fully saturated rings. The highest BCUT2D eigenvalue weighted by Crippen LogP contribution is 2.40. The molecule has 10 nitrogen and oxygen atoms in total. The van der Waals surface area contributed by atoms with E-state index >= 15 is 0 Å². The number of methoxy groups -OCH3 is 1. The zero-order chi connectivity index (χ0) is 20.1. The van der Waals surface area contributed by atoms with Crippen molar-refractivity contribution in [3.8, 4) is 17.2 Å². The van der Waals surface area contributed by atoms with Gasteiger partial charge in [-0.15, -0.1) is 0 Å². The lowest BCUT2D eigenvalue weighted by atomic mass is 10.1. The molecule has 146 valence electrons. The van der Waals surface area contributed by atoms with Crippen LogP contribution in [-0.2, 0) is 9.53 Å². The van der Waals surface area contributed by atoms with Crippen LogP contribution in [0.2, 0.25) is 0 Å². The van der Waals surface area contributed by atoms with Gasteiger partial charge < -0.3 is 24.3 Å². The van der Waals surface area contributed by atoms with Gasteiger partial charge in [0, 0.05) is 6.07 Å². The fourth-order valence-electron chi connectivity index (χ4n) is 2.53. The number of nitro groups is 1. The van der Waals surface area contributed by atoms with E-state index in [1.807, 2.05) is 0 Å². The molecule has 1 aliphatic rings. The van der Waals surface area contributed by atoms with Gasteiger partial charge in [0.05, 0.1) is 17.6 Å². The van der Waals surface area contributed by atoms with Gasteiger partial charge in [0.2, 0.25) is 5.75 Å². The molecule has 0 unspecified atom stereocenters. The number of benzene rings is 2. The summed E-state index contributed by atoms with van der Waals surface area (Å²) >= 11 is 0. The minimum absolute atomic E-state index is 0.00884. The lowest BCUT2D eigenvalue weighted by Crippen LogP contribution is -2.22. The van der Waals surface area contributed by atoms with E-state index < -0.39 is 23.4 Å². The number of carbonyl (C=O) groups is 2. The van der Waals surface area contributed by atoms with Gasteiger partial charge in [-0.05, 0) is 18.2 Å². The largest absolute Gasteiger partial charge is 0.493 e. The van der Waals surface area contributed by atoms with Crippen LogP contribution in [-0.4, -0.2) is 43.7 Å². The molecule has 0 bridgehead atoms. The number of carbonyl (C=O) groups excluding carboxylic acids is 2. The Labute approximate surface area is 159 Å². The van der Waals surface area contributed by atoms with Gasteiger partial charge in [-0.2, -0.15) is 0 Å². The summed E-state index contributed by atoms with van der Waals surface area (Å²) in [5.74, 6) is -0.477. The topological polar surface area (TPSA) is 126 Å². The number of nitrogens with one attached hydrogen (secondary N) is 1. The average molecular weight is 388 g/mol. The molecule has 2 aromatic carbocycles. The Balaban J connectivity index is 1.66. The number of para-hydroxylation sites is 2. The Morgan fingerprint density at radius 1 is 1.21 bits per heavy atom. The summed E-state index contributed by atoms with van der Waals surface area (Å²) in [5.41, 5.74) is -0.145. The number of anilines is 1. The van der Waals surface area contributed by atoms with Gasteiger partial charge in [0.15, 0.2) is 18.1 Å². The van der Waals surface area contributed by atoms with E-state index in [2.05, 4.69) is 5.32 Å². The van der Waals surface area contributed by atoms with Crippen LogP contribution in [0.1, 0.15) is 10.4 Å². The number of hydrogen-bond donors (Lipinski definition) is 1. The monoisotopic (exact) mass is 388 g/mol. The molecular formula is C18H16N2O8. The van der Waals surface area contributed by atoms with Gasteiger partial charge in [-0.3, -0.25) is 14.9 Å². The zero-order valence-corrected chi connectivity index (χ0v) is 14.8. The molecule has 1 amide bonds. The normalized spacial score (nSPS) is 12.0. The van der Waals surface area contributed by atoms with E-state index in [1.54, 1.807) is 0 Å². The Morgan fingerprint density at radius 3 is 2.71 bits per heavy atom. The third kappa shape index (κ3) is 4.11. The Hall–Kier alpha value is -3.82. The highest BCUT2D eigenvalue weighted by molar-refractivity contribution is 5.97. The third-order valence-electron chi connectivity index (χ3n) is 3.77. The van der Waals surface area contributed by atoms with Crippen LogP contribution < -0.4 is 19.5 Å². The summed E-state index contributed by atoms with van der Waals surface area (Å²) in [7, 11) is 1.42. The minimum Gasteiger partial charge on any atom is -0.493 e. The van der Waals surface area contributed by atoms with Crippen LogP contribution in [0.15, 0.2) is 36.4 Å². The number of amides is 1. The molecule has 28 heavy (non-hydrogen) atoms. The predicted molar refractivity (Wildman–Crippen MR) is 96.0 cm³/mol. The van der Waals surface area contributed by atoms with Crippen molar-refractivity contribution in [1.29, 1.82) is 0 Å². The van der Waals surface area contributed by atoms with Crippen molar-refractivity contribution in [2.24, 2.45) is 0 Å². The van der Waals surface area contributed by atoms with Crippen LogP contribution in [0.3, 0.4) is 0 Å². The molecular weight excluding hydrogens is 372 g/mol. The van der Waals surface area contributed by atoms with E-state index in [-0.39, 0.29) is 16.9 Å². The standard InChI is InChI=1S/C18H16N2O8/c1-25-14-8-11(9-15-17(14)27-7-6-26-15)18(22)28-10-16(21)19-12-4-2-3-5-13(12)20(23)24/h2-5,8-9H,6-7,10H2,1H3,(H,19,21). The average Bonchev–Trinajstić information content (AvgIpc) is 2.71. The van der Waals surface area contributed by atoms with E-state index in [9.17, 15) is 19.7 Å². The van der Waals surface area contributed by atoms with Crippen molar-refractivity contribution in [2.45, 2.75) is 0 Å². The van der Waals surface area contributed by atoms with E-state index in [0.717, 1.165) is 0 Å². The predicted octanol–water partition coefficient (Wildman–Crippen LogP) is 2.17. The lowest BCUT2D eigenvalue weighted by molar-refractivity contribution is -0.383. The molecule has 1 N–H and O–H groups in total. The number of rotatable bonds is 6. The van der Waals surface area contributed by atoms with Crippen LogP contribution >= 0.6 is 0 Å². The molecule has 0 radical (unpaired) electrons. The van der Waals surface area contributed by atoms with Crippen molar-refractivity contribution < 1.29 is 33.5 Å². The van der Waals surface area contributed by atoms with Gasteiger partial charge in [0.25, 0.3) is 11.6 Å². The first-order valence-corrected chi connectivity index (χ1v) is 8.17. The van der Waals surface area contributed by atoms with Crippen LogP contribution in [0.25, 0.3) is 0 Å². The Bertz CT molecular complexity index is 911. The maximum absolute atomic E-state index is 12.3. The fraction of sp³-hybridized carbons (Fsp3) is 0.222. The number of fused-ring (bicyclic) bond motifs is 1. The molecule has 0 atom stereocenters. The Morgan fingerprint density at radius 2 is 1.96 bits per heavy atom. The summed E-state index contributed by atoms with van der Waals surface area (Å²) in [5, 5.41) is 13.3. The highest BCUT2D eigenvalue weighted by Gasteiger charge is 2.22. The lowest BCUT2D eigenvalue weighted by Gasteiger charge is -2.21. The molecule has 0 aliphatic carbocycles. The number of esters is 1. The summed E-state index contributed by atoms with van der Waals surface area (Å²) in [4.78, 5) is 34.6. The smallest absolute Gasteiger partial charge is 0.338 e. The highest BCUT2D eigenvalue weighted by atomic mass is 16.6. The van der Waals surface area contributed by atoms with Gasteiger partial charge >= 0.3 is 5.97 Å². The maximum atomic E-state index is 12.3. The van der Waals surface area contributed by atoms with E-state index in [1.165, 1.54) is 43.5 Å². The molecule has 3 rings (SSSR count). The van der Waals surface area contributed by atoms with Crippen LogP contribution in [0.4, 0.5) is 11.4 Å². The first kappa shape index (κ1) is 19.0.